The molecule has 118 valence electrons. The zero-order chi connectivity index (χ0) is 15.5. The molecule has 0 saturated heterocycles. The second-order valence-electron chi connectivity index (χ2n) is 5.46. The van der Waals surface area contributed by atoms with Crippen molar-refractivity contribution in [2.75, 3.05) is 12.3 Å². The highest BCUT2D eigenvalue weighted by atomic mass is 32.2. The summed E-state index contributed by atoms with van der Waals surface area (Å²) in [5.74, 6) is -1.68. The van der Waals surface area contributed by atoms with Crippen LogP contribution in [-0.2, 0) is 10.0 Å². The summed E-state index contributed by atoms with van der Waals surface area (Å²) >= 11 is 0. The number of halogens is 2. The Hall–Kier alpha value is -1.21. The minimum atomic E-state index is -4.00. The molecule has 0 radical (unpaired) electrons. The van der Waals surface area contributed by atoms with E-state index in [0.717, 1.165) is 31.4 Å². The van der Waals surface area contributed by atoms with Gasteiger partial charge in [-0.25, -0.2) is 21.9 Å². The molecule has 0 aliphatic heterocycles. The van der Waals surface area contributed by atoms with Crippen LogP contribution in [0.5, 0.6) is 0 Å². The molecule has 21 heavy (non-hydrogen) atoms. The Morgan fingerprint density at radius 3 is 2.52 bits per heavy atom. The van der Waals surface area contributed by atoms with Crippen LogP contribution in [0, 0.1) is 17.6 Å². The topological polar surface area (TPSA) is 72.2 Å². The van der Waals surface area contributed by atoms with Crippen molar-refractivity contribution in [2.24, 2.45) is 5.92 Å². The van der Waals surface area contributed by atoms with Crippen molar-refractivity contribution in [3.63, 3.8) is 0 Å². The molecule has 1 saturated carbocycles. The summed E-state index contributed by atoms with van der Waals surface area (Å²) in [4.78, 5) is -0.606. The quantitative estimate of drug-likeness (QED) is 0.820. The average molecular weight is 318 g/mol. The highest BCUT2D eigenvalue weighted by Gasteiger charge is 2.23. The van der Waals surface area contributed by atoms with Gasteiger partial charge < -0.3 is 5.73 Å². The summed E-state index contributed by atoms with van der Waals surface area (Å²) in [6.07, 6.45) is 6.56. The van der Waals surface area contributed by atoms with Gasteiger partial charge in [-0.1, -0.05) is 32.1 Å². The molecule has 0 unspecified atom stereocenters. The highest BCUT2D eigenvalue weighted by molar-refractivity contribution is 7.89. The van der Waals surface area contributed by atoms with Gasteiger partial charge in [0.1, 0.15) is 16.4 Å². The Morgan fingerprint density at radius 2 is 1.86 bits per heavy atom. The van der Waals surface area contributed by atoms with Gasteiger partial charge in [0.2, 0.25) is 10.0 Å². The monoisotopic (exact) mass is 318 g/mol. The zero-order valence-electron chi connectivity index (χ0n) is 11.7. The number of anilines is 1. The standard InChI is InChI=1S/C14H20F2N2O2S/c15-11-6-7-12(13(16)14(11)17)21(19,20)18-9-8-10-4-2-1-3-5-10/h6-7,10,18H,1-5,8-9,17H2. The molecular formula is C14H20F2N2O2S. The number of hydrogen-bond donors (Lipinski definition) is 2. The fraction of sp³-hybridized carbons (Fsp3) is 0.571. The summed E-state index contributed by atoms with van der Waals surface area (Å²) in [5, 5.41) is 0. The lowest BCUT2D eigenvalue weighted by Crippen LogP contribution is -2.27. The van der Waals surface area contributed by atoms with Crippen LogP contribution < -0.4 is 10.5 Å². The predicted octanol–water partition coefficient (Wildman–Crippen LogP) is 2.80. The molecule has 3 N–H and O–H groups in total. The van der Waals surface area contributed by atoms with Gasteiger partial charge in [-0.2, -0.15) is 0 Å². The van der Waals surface area contributed by atoms with E-state index in [1.807, 2.05) is 0 Å². The van der Waals surface area contributed by atoms with E-state index in [-0.39, 0.29) is 6.54 Å². The SMILES string of the molecule is Nc1c(F)ccc(S(=O)(=O)NCCC2CCCCC2)c1F. The predicted molar refractivity (Wildman–Crippen MR) is 77.2 cm³/mol. The van der Waals surface area contributed by atoms with Crippen LogP contribution in [0.25, 0.3) is 0 Å². The van der Waals surface area contributed by atoms with Crippen LogP contribution >= 0.6 is 0 Å². The molecule has 0 atom stereocenters. The molecule has 4 nitrogen and oxygen atoms in total. The van der Waals surface area contributed by atoms with Gasteiger partial charge in [0, 0.05) is 6.54 Å². The lowest BCUT2D eigenvalue weighted by atomic mass is 9.87. The van der Waals surface area contributed by atoms with Crippen molar-refractivity contribution in [3.8, 4) is 0 Å². The van der Waals surface area contributed by atoms with E-state index >= 15 is 0 Å². The molecule has 1 fully saturated rings. The van der Waals surface area contributed by atoms with Crippen molar-refractivity contribution in [1.82, 2.24) is 4.72 Å². The normalized spacial score (nSPS) is 17.0. The van der Waals surface area contributed by atoms with Gasteiger partial charge in [-0.15, -0.1) is 0 Å². The summed E-state index contributed by atoms with van der Waals surface area (Å²) in [7, 11) is -4.00. The van der Waals surface area contributed by atoms with Gasteiger partial charge in [0.25, 0.3) is 0 Å². The maximum Gasteiger partial charge on any atom is 0.243 e. The van der Waals surface area contributed by atoms with Crippen LogP contribution in [0.1, 0.15) is 38.5 Å². The smallest absolute Gasteiger partial charge is 0.243 e. The largest absolute Gasteiger partial charge is 0.394 e. The Labute approximate surface area is 123 Å². The summed E-state index contributed by atoms with van der Waals surface area (Å²) in [6.45, 7) is 0.254. The maximum atomic E-state index is 13.8. The van der Waals surface area contributed by atoms with Gasteiger partial charge in [0.15, 0.2) is 5.82 Å². The van der Waals surface area contributed by atoms with Crippen molar-refractivity contribution in [1.29, 1.82) is 0 Å². The lowest BCUT2D eigenvalue weighted by molar-refractivity contribution is 0.339. The van der Waals surface area contributed by atoms with E-state index in [1.165, 1.54) is 19.3 Å². The molecule has 2 rings (SSSR count). The highest BCUT2D eigenvalue weighted by Crippen LogP contribution is 2.26. The van der Waals surface area contributed by atoms with Crippen LogP contribution in [-0.4, -0.2) is 15.0 Å². The third-order valence-corrected chi connectivity index (χ3v) is 5.43. The fourth-order valence-corrected chi connectivity index (χ4v) is 3.84. The summed E-state index contributed by atoms with van der Waals surface area (Å²) < 4.78 is 53.2. The molecule has 7 heteroatoms. The minimum absolute atomic E-state index is 0.254. The average Bonchev–Trinajstić information content (AvgIpc) is 2.45. The fourth-order valence-electron chi connectivity index (χ4n) is 2.71. The number of nitrogens with one attached hydrogen (secondary N) is 1. The first-order chi connectivity index (χ1) is 9.92. The van der Waals surface area contributed by atoms with E-state index in [1.54, 1.807) is 0 Å². The minimum Gasteiger partial charge on any atom is -0.394 e. The van der Waals surface area contributed by atoms with Crippen LogP contribution in [0.2, 0.25) is 0 Å². The molecule has 0 spiro atoms. The van der Waals surface area contributed by atoms with Gasteiger partial charge in [-0.05, 0) is 24.5 Å². The third-order valence-electron chi connectivity index (χ3n) is 3.95. The van der Waals surface area contributed by atoms with Crippen LogP contribution in [0.15, 0.2) is 17.0 Å². The van der Waals surface area contributed by atoms with E-state index in [0.29, 0.717) is 5.92 Å². The number of sulfonamides is 1. The molecule has 0 aromatic heterocycles. The number of benzene rings is 1. The molecule has 1 aliphatic carbocycles. The molecule has 1 aromatic carbocycles. The second kappa shape index (κ2) is 6.70. The summed E-state index contributed by atoms with van der Waals surface area (Å²) in [5.41, 5.74) is 4.41. The van der Waals surface area contributed by atoms with E-state index in [9.17, 15) is 17.2 Å². The summed E-state index contributed by atoms with van der Waals surface area (Å²) in [6, 6.07) is 1.75. The number of nitrogen functional groups attached to an aromatic ring is 1. The lowest BCUT2D eigenvalue weighted by Gasteiger charge is -2.21. The molecule has 0 amide bonds. The Morgan fingerprint density at radius 1 is 1.19 bits per heavy atom. The molecule has 0 bridgehead atoms. The Balaban J connectivity index is 2.00. The number of rotatable bonds is 5. The number of nitrogens with two attached hydrogens (primary N) is 1. The van der Waals surface area contributed by atoms with Crippen molar-refractivity contribution < 1.29 is 17.2 Å². The Bertz CT molecular complexity index is 599. The van der Waals surface area contributed by atoms with Gasteiger partial charge >= 0.3 is 0 Å². The van der Waals surface area contributed by atoms with Gasteiger partial charge in [-0.3, -0.25) is 0 Å². The second-order valence-corrected chi connectivity index (χ2v) is 7.20. The first-order valence-electron chi connectivity index (χ1n) is 7.15. The van der Waals surface area contributed by atoms with Crippen LogP contribution in [0.4, 0.5) is 14.5 Å². The van der Waals surface area contributed by atoms with Crippen molar-refractivity contribution in [2.45, 2.75) is 43.4 Å². The molecule has 0 heterocycles. The van der Waals surface area contributed by atoms with Crippen molar-refractivity contribution >= 4 is 15.7 Å². The molecule has 1 aliphatic rings. The first kappa shape index (κ1) is 16.2. The van der Waals surface area contributed by atoms with Crippen molar-refractivity contribution in [3.05, 3.63) is 23.8 Å². The maximum absolute atomic E-state index is 13.8. The van der Waals surface area contributed by atoms with E-state index in [4.69, 9.17) is 5.73 Å². The molecular weight excluding hydrogens is 298 g/mol. The molecule has 1 aromatic rings. The first-order valence-corrected chi connectivity index (χ1v) is 8.63. The van der Waals surface area contributed by atoms with E-state index < -0.39 is 32.2 Å². The van der Waals surface area contributed by atoms with Gasteiger partial charge in [0.05, 0.1) is 0 Å². The Kier molecular flexibility index (Phi) is 5.16. The van der Waals surface area contributed by atoms with E-state index in [2.05, 4.69) is 4.72 Å². The number of hydrogen-bond acceptors (Lipinski definition) is 3. The third kappa shape index (κ3) is 3.91. The zero-order valence-corrected chi connectivity index (χ0v) is 12.6. The van der Waals surface area contributed by atoms with Crippen LogP contribution in [0.3, 0.4) is 0 Å².